The van der Waals surface area contributed by atoms with Gasteiger partial charge in [0.15, 0.2) is 0 Å². The molecule has 1 aromatic carbocycles. The summed E-state index contributed by atoms with van der Waals surface area (Å²) in [5, 5.41) is 11.5. The highest BCUT2D eigenvalue weighted by Gasteiger charge is 2.21. The SMILES string of the molecule is N#CCN1CCC(NC(=O)c2ccccc2F)CC1. The third-order valence-corrected chi connectivity index (χ3v) is 3.34. The van der Waals surface area contributed by atoms with Crippen LogP contribution in [0.1, 0.15) is 23.2 Å². The molecule has 0 atom stereocenters. The number of nitriles is 1. The molecule has 0 aliphatic carbocycles. The standard InChI is InChI=1S/C14H16FN3O/c15-13-4-2-1-3-12(13)14(19)17-11-5-8-18(9-6-11)10-7-16/h1-4,11H,5-6,8-10H2,(H,17,19). The normalized spacial score (nSPS) is 16.8. The molecule has 2 rings (SSSR count). The van der Waals surface area contributed by atoms with Crippen LogP contribution >= 0.6 is 0 Å². The fraction of sp³-hybridized carbons (Fsp3) is 0.429. The Hall–Kier alpha value is -1.93. The van der Waals surface area contributed by atoms with Gasteiger partial charge in [-0.1, -0.05) is 12.1 Å². The lowest BCUT2D eigenvalue weighted by atomic mass is 10.0. The second-order valence-electron chi connectivity index (χ2n) is 4.66. The van der Waals surface area contributed by atoms with E-state index in [4.69, 9.17) is 5.26 Å². The molecule has 0 saturated carbocycles. The first-order valence-electron chi connectivity index (χ1n) is 6.35. The van der Waals surface area contributed by atoms with E-state index < -0.39 is 5.82 Å². The largest absolute Gasteiger partial charge is 0.349 e. The first-order chi connectivity index (χ1) is 9.20. The van der Waals surface area contributed by atoms with Crippen molar-refractivity contribution in [3.8, 4) is 6.07 Å². The van der Waals surface area contributed by atoms with E-state index in [2.05, 4.69) is 11.4 Å². The number of amides is 1. The molecule has 1 N–H and O–H groups in total. The Bertz CT molecular complexity index is 490. The van der Waals surface area contributed by atoms with Crippen LogP contribution in [-0.4, -0.2) is 36.5 Å². The van der Waals surface area contributed by atoms with Crippen LogP contribution in [0.2, 0.25) is 0 Å². The third-order valence-electron chi connectivity index (χ3n) is 3.34. The molecule has 1 aromatic rings. The van der Waals surface area contributed by atoms with Crippen LogP contribution < -0.4 is 5.32 Å². The summed E-state index contributed by atoms with van der Waals surface area (Å²) in [6, 6.07) is 8.14. The molecule has 100 valence electrons. The fourth-order valence-corrected chi connectivity index (χ4v) is 2.24. The smallest absolute Gasteiger partial charge is 0.254 e. The molecule has 0 radical (unpaired) electrons. The van der Waals surface area contributed by atoms with Crippen LogP contribution in [0, 0.1) is 17.1 Å². The van der Waals surface area contributed by atoms with Crippen molar-refractivity contribution >= 4 is 5.91 Å². The molecule has 1 aliphatic rings. The summed E-state index contributed by atoms with van der Waals surface area (Å²) in [7, 11) is 0. The van der Waals surface area contributed by atoms with Crippen molar-refractivity contribution < 1.29 is 9.18 Å². The van der Waals surface area contributed by atoms with Crippen LogP contribution in [0.4, 0.5) is 4.39 Å². The Labute approximate surface area is 111 Å². The van der Waals surface area contributed by atoms with Crippen LogP contribution in [0.15, 0.2) is 24.3 Å². The molecular weight excluding hydrogens is 245 g/mol. The van der Waals surface area contributed by atoms with Gasteiger partial charge in [-0.25, -0.2) is 4.39 Å². The van der Waals surface area contributed by atoms with E-state index in [1.165, 1.54) is 12.1 Å². The molecule has 0 unspecified atom stereocenters. The highest BCUT2D eigenvalue weighted by molar-refractivity contribution is 5.94. The zero-order valence-corrected chi connectivity index (χ0v) is 10.6. The zero-order chi connectivity index (χ0) is 13.7. The Morgan fingerprint density at radius 1 is 1.42 bits per heavy atom. The van der Waals surface area contributed by atoms with Crippen molar-refractivity contribution in [2.24, 2.45) is 0 Å². The molecule has 0 bridgehead atoms. The minimum absolute atomic E-state index is 0.0575. The molecule has 19 heavy (non-hydrogen) atoms. The van der Waals surface area contributed by atoms with E-state index in [0.717, 1.165) is 25.9 Å². The first-order valence-corrected chi connectivity index (χ1v) is 6.35. The number of likely N-dealkylation sites (tertiary alicyclic amines) is 1. The predicted molar refractivity (Wildman–Crippen MR) is 68.9 cm³/mol. The van der Waals surface area contributed by atoms with Crippen LogP contribution in [0.5, 0.6) is 0 Å². The van der Waals surface area contributed by atoms with Gasteiger partial charge in [0.25, 0.3) is 5.91 Å². The van der Waals surface area contributed by atoms with Gasteiger partial charge in [-0.3, -0.25) is 9.69 Å². The summed E-state index contributed by atoms with van der Waals surface area (Å²) in [5.74, 6) is -0.862. The third kappa shape index (κ3) is 3.52. The number of hydrogen-bond acceptors (Lipinski definition) is 3. The quantitative estimate of drug-likeness (QED) is 0.840. The maximum atomic E-state index is 13.5. The first kappa shape index (κ1) is 13.5. The summed E-state index contributed by atoms with van der Waals surface area (Å²) in [6.45, 7) is 2.00. The maximum absolute atomic E-state index is 13.5. The number of carbonyl (C=O) groups excluding carboxylic acids is 1. The highest BCUT2D eigenvalue weighted by Crippen LogP contribution is 2.12. The topological polar surface area (TPSA) is 56.1 Å². The van der Waals surface area contributed by atoms with Gasteiger partial charge in [0.2, 0.25) is 0 Å². The van der Waals surface area contributed by atoms with E-state index >= 15 is 0 Å². The maximum Gasteiger partial charge on any atom is 0.254 e. The lowest BCUT2D eigenvalue weighted by Crippen LogP contribution is -2.44. The number of carbonyl (C=O) groups is 1. The van der Waals surface area contributed by atoms with Crippen molar-refractivity contribution in [2.75, 3.05) is 19.6 Å². The van der Waals surface area contributed by atoms with Crippen molar-refractivity contribution in [3.05, 3.63) is 35.6 Å². The van der Waals surface area contributed by atoms with Gasteiger partial charge in [-0.15, -0.1) is 0 Å². The van der Waals surface area contributed by atoms with Gasteiger partial charge in [-0.05, 0) is 25.0 Å². The van der Waals surface area contributed by atoms with Crippen molar-refractivity contribution in [1.29, 1.82) is 5.26 Å². The summed E-state index contributed by atoms with van der Waals surface area (Å²) in [4.78, 5) is 14.0. The highest BCUT2D eigenvalue weighted by atomic mass is 19.1. The molecule has 1 heterocycles. The second-order valence-corrected chi connectivity index (χ2v) is 4.66. The van der Waals surface area contributed by atoms with Crippen LogP contribution in [0.3, 0.4) is 0 Å². The Morgan fingerprint density at radius 3 is 2.74 bits per heavy atom. The van der Waals surface area contributed by atoms with E-state index in [0.29, 0.717) is 6.54 Å². The van der Waals surface area contributed by atoms with Gasteiger partial charge in [0.1, 0.15) is 5.82 Å². The van der Waals surface area contributed by atoms with Gasteiger partial charge in [0, 0.05) is 19.1 Å². The molecule has 0 aromatic heterocycles. The van der Waals surface area contributed by atoms with Crippen molar-refractivity contribution in [1.82, 2.24) is 10.2 Å². The number of piperidine rings is 1. The molecule has 1 aliphatic heterocycles. The van der Waals surface area contributed by atoms with Gasteiger partial charge >= 0.3 is 0 Å². The molecule has 0 spiro atoms. The monoisotopic (exact) mass is 261 g/mol. The Balaban J connectivity index is 1.88. The predicted octanol–water partition coefficient (Wildman–Crippen LogP) is 1.54. The molecule has 5 heteroatoms. The molecule has 4 nitrogen and oxygen atoms in total. The lowest BCUT2D eigenvalue weighted by Gasteiger charge is -2.30. The average molecular weight is 261 g/mol. The Morgan fingerprint density at radius 2 is 2.11 bits per heavy atom. The van der Waals surface area contributed by atoms with E-state index in [-0.39, 0.29) is 17.5 Å². The fourth-order valence-electron chi connectivity index (χ4n) is 2.24. The van der Waals surface area contributed by atoms with E-state index in [1.807, 2.05) is 4.90 Å². The number of rotatable bonds is 3. The van der Waals surface area contributed by atoms with Gasteiger partial charge < -0.3 is 5.32 Å². The van der Waals surface area contributed by atoms with Crippen molar-refractivity contribution in [3.63, 3.8) is 0 Å². The number of nitrogens with zero attached hydrogens (tertiary/aromatic N) is 2. The number of nitrogens with one attached hydrogen (secondary N) is 1. The van der Waals surface area contributed by atoms with E-state index in [9.17, 15) is 9.18 Å². The molecule has 1 saturated heterocycles. The number of benzene rings is 1. The minimum Gasteiger partial charge on any atom is -0.349 e. The second kappa shape index (κ2) is 6.30. The van der Waals surface area contributed by atoms with Gasteiger partial charge in [-0.2, -0.15) is 5.26 Å². The molecule has 1 amide bonds. The van der Waals surface area contributed by atoms with Crippen molar-refractivity contribution in [2.45, 2.75) is 18.9 Å². The minimum atomic E-state index is -0.498. The summed E-state index contributed by atoms with van der Waals surface area (Å²) in [6.07, 6.45) is 1.59. The number of hydrogen-bond donors (Lipinski definition) is 1. The summed E-state index contributed by atoms with van der Waals surface area (Å²) in [5.41, 5.74) is 0.0851. The summed E-state index contributed by atoms with van der Waals surface area (Å²) >= 11 is 0. The molecule has 1 fully saturated rings. The Kier molecular flexibility index (Phi) is 4.48. The molecular formula is C14H16FN3O. The summed E-state index contributed by atoms with van der Waals surface area (Å²) < 4.78 is 13.5. The van der Waals surface area contributed by atoms with E-state index in [1.54, 1.807) is 12.1 Å². The van der Waals surface area contributed by atoms with Gasteiger partial charge in [0.05, 0.1) is 18.2 Å². The van der Waals surface area contributed by atoms with Crippen LogP contribution in [-0.2, 0) is 0 Å². The zero-order valence-electron chi connectivity index (χ0n) is 10.6. The lowest BCUT2D eigenvalue weighted by molar-refractivity contribution is 0.0910. The number of halogens is 1. The van der Waals surface area contributed by atoms with Crippen LogP contribution in [0.25, 0.3) is 0 Å². The average Bonchev–Trinajstić information content (AvgIpc) is 2.42.